The van der Waals surface area contributed by atoms with E-state index in [-0.39, 0.29) is 0 Å². The molecule has 2 rings (SSSR count). The van der Waals surface area contributed by atoms with Crippen LogP contribution in [0.5, 0.6) is 0 Å². The van der Waals surface area contributed by atoms with E-state index in [1.54, 1.807) is 0 Å². The molecule has 2 fully saturated rings. The van der Waals surface area contributed by atoms with Gasteiger partial charge in [0.15, 0.2) is 0 Å². The molecule has 0 aromatic carbocycles. The van der Waals surface area contributed by atoms with E-state index in [0.717, 1.165) is 31.2 Å². The Balaban J connectivity index is 1.85. The molecule has 0 bridgehead atoms. The van der Waals surface area contributed by atoms with Crippen molar-refractivity contribution in [2.75, 3.05) is 33.4 Å². The molecular formula is C18H36N2O. The van der Waals surface area contributed by atoms with Crippen LogP contribution in [-0.4, -0.2) is 50.3 Å². The van der Waals surface area contributed by atoms with Gasteiger partial charge in [-0.1, -0.05) is 32.6 Å². The van der Waals surface area contributed by atoms with Crippen LogP contribution in [0.25, 0.3) is 0 Å². The van der Waals surface area contributed by atoms with Gasteiger partial charge in [0.2, 0.25) is 0 Å². The topological polar surface area (TPSA) is 24.5 Å². The second kappa shape index (κ2) is 9.81. The van der Waals surface area contributed by atoms with Gasteiger partial charge in [0.05, 0.1) is 6.61 Å². The van der Waals surface area contributed by atoms with Crippen LogP contribution < -0.4 is 5.32 Å². The summed E-state index contributed by atoms with van der Waals surface area (Å²) in [5.74, 6) is 0.994. The summed E-state index contributed by atoms with van der Waals surface area (Å²) in [5.41, 5.74) is 0. The van der Waals surface area contributed by atoms with Gasteiger partial charge in [-0.05, 0) is 44.6 Å². The average molecular weight is 296 g/mol. The Kier molecular flexibility index (Phi) is 8.05. The molecule has 1 aliphatic carbocycles. The Morgan fingerprint density at radius 2 is 2.00 bits per heavy atom. The summed E-state index contributed by atoms with van der Waals surface area (Å²) in [6, 6.07) is 1.51. The molecule has 2 aliphatic rings. The van der Waals surface area contributed by atoms with E-state index < -0.39 is 0 Å². The van der Waals surface area contributed by atoms with Crippen molar-refractivity contribution in [2.45, 2.75) is 76.8 Å². The van der Waals surface area contributed by atoms with Crippen LogP contribution in [0.1, 0.15) is 64.7 Å². The van der Waals surface area contributed by atoms with Crippen LogP contribution in [0.15, 0.2) is 0 Å². The number of hydrogen-bond donors (Lipinski definition) is 1. The van der Waals surface area contributed by atoms with Crippen LogP contribution in [0, 0.1) is 5.92 Å². The maximum atomic E-state index is 5.36. The Labute approximate surface area is 131 Å². The first-order valence-corrected chi connectivity index (χ1v) is 9.29. The molecule has 0 aromatic heterocycles. The van der Waals surface area contributed by atoms with E-state index in [9.17, 15) is 0 Å². The van der Waals surface area contributed by atoms with Gasteiger partial charge in [0, 0.05) is 32.3 Å². The molecule has 1 aliphatic heterocycles. The Hall–Kier alpha value is -0.120. The minimum absolute atomic E-state index is 0.719. The highest BCUT2D eigenvalue weighted by Crippen LogP contribution is 2.29. The van der Waals surface area contributed by atoms with E-state index in [1.807, 2.05) is 7.11 Å². The van der Waals surface area contributed by atoms with Crippen molar-refractivity contribution in [3.63, 3.8) is 0 Å². The van der Waals surface area contributed by atoms with Crippen LogP contribution in [0.4, 0.5) is 0 Å². The van der Waals surface area contributed by atoms with Crippen LogP contribution >= 0.6 is 0 Å². The monoisotopic (exact) mass is 296 g/mol. The van der Waals surface area contributed by atoms with E-state index in [4.69, 9.17) is 4.74 Å². The smallest absolute Gasteiger partial charge is 0.0589 e. The normalized spacial score (nSPS) is 30.7. The zero-order chi connectivity index (χ0) is 14.9. The largest absolute Gasteiger partial charge is 0.383 e. The molecule has 0 aromatic rings. The molecule has 3 atom stereocenters. The van der Waals surface area contributed by atoms with Gasteiger partial charge in [-0.2, -0.15) is 0 Å². The predicted molar refractivity (Wildman–Crippen MR) is 89.7 cm³/mol. The van der Waals surface area contributed by atoms with E-state index >= 15 is 0 Å². The fourth-order valence-electron chi connectivity index (χ4n) is 4.25. The first-order chi connectivity index (χ1) is 10.3. The van der Waals surface area contributed by atoms with Crippen molar-refractivity contribution in [1.29, 1.82) is 0 Å². The lowest BCUT2D eigenvalue weighted by atomic mass is 9.95. The quantitative estimate of drug-likeness (QED) is 0.695. The lowest BCUT2D eigenvalue weighted by Gasteiger charge is -2.33. The molecule has 124 valence electrons. The van der Waals surface area contributed by atoms with Crippen molar-refractivity contribution in [2.24, 2.45) is 5.92 Å². The summed E-state index contributed by atoms with van der Waals surface area (Å²) in [6.07, 6.45) is 12.6. The molecule has 0 radical (unpaired) electrons. The van der Waals surface area contributed by atoms with Crippen LogP contribution in [0.2, 0.25) is 0 Å². The molecule has 0 spiro atoms. The van der Waals surface area contributed by atoms with Gasteiger partial charge < -0.3 is 10.1 Å². The molecule has 3 unspecified atom stereocenters. The molecule has 1 N–H and O–H groups in total. The maximum absolute atomic E-state index is 5.36. The summed E-state index contributed by atoms with van der Waals surface area (Å²) >= 11 is 0. The number of ether oxygens (including phenoxy) is 1. The Morgan fingerprint density at radius 3 is 2.71 bits per heavy atom. The third kappa shape index (κ3) is 5.88. The van der Waals surface area contributed by atoms with Gasteiger partial charge in [-0.25, -0.2) is 0 Å². The SMILES string of the molecule is CCCC1CCCC(N(CCOC)CC2CCCN2)CC1. The highest BCUT2D eigenvalue weighted by Gasteiger charge is 2.26. The second-order valence-corrected chi connectivity index (χ2v) is 7.10. The highest BCUT2D eigenvalue weighted by molar-refractivity contribution is 4.83. The molecule has 21 heavy (non-hydrogen) atoms. The van der Waals surface area contributed by atoms with Crippen molar-refractivity contribution in [3.8, 4) is 0 Å². The number of nitrogens with one attached hydrogen (secondary N) is 1. The Morgan fingerprint density at radius 1 is 1.10 bits per heavy atom. The van der Waals surface area contributed by atoms with Gasteiger partial charge >= 0.3 is 0 Å². The van der Waals surface area contributed by atoms with E-state index in [2.05, 4.69) is 17.1 Å². The molecular weight excluding hydrogens is 260 g/mol. The number of hydrogen-bond acceptors (Lipinski definition) is 3. The van der Waals surface area contributed by atoms with Gasteiger partial charge in [0.1, 0.15) is 0 Å². The van der Waals surface area contributed by atoms with Crippen molar-refractivity contribution in [1.82, 2.24) is 10.2 Å². The number of rotatable bonds is 8. The summed E-state index contributed by atoms with van der Waals surface area (Å²) in [7, 11) is 1.83. The summed E-state index contributed by atoms with van der Waals surface area (Å²) < 4.78 is 5.36. The minimum atomic E-state index is 0.719. The Bertz CT molecular complexity index is 266. The zero-order valence-corrected chi connectivity index (χ0v) is 14.3. The second-order valence-electron chi connectivity index (χ2n) is 7.10. The third-order valence-corrected chi connectivity index (χ3v) is 5.47. The summed E-state index contributed by atoms with van der Waals surface area (Å²) in [5, 5.41) is 3.66. The minimum Gasteiger partial charge on any atom is -0.383 e. The van der Waals surface area contributed by atoms with Gasteiger partial charge in [-0.15, -0.1) is 0 Å². The van der Waals surface area contributed by atoms with Crippen LogP contribution in [0.3, 0.4) is 0 Å². The zero-order valence-electron chi connectivity index (χ0n) is 14.3. The highest BCUT2D eigenvalue weighted by atomic mass is 16.5. The fraction of sp³-hybridized carbons (Fsp3) is 1.00. The maximum Gasteiger partial charge on any atom is 0.0589 e. The molecule has 1 saturated carbocycles. The standard InChI is InChI=1S/C18H36N2O/c1-3-6-16-7-4-9-18(11-10-16)20(13-14-21-2)15-17-8-5-12-19-17/h16-19H,3-15H2,1-2H3. The number of nitrogens with zero attached hydrogens (tertiary/aromatic N) is 1. The van der Waals surface area contributed by atoms with Crippen molar-refractivity contribution < 1.29 is 4.74 Å². The lowest BCUT2D eigenvalue weighted by Crippen LogP contribution is -2.44. The first kappa shape index (κ1) is 17.2. The van der Waals surface area contributed by atoms with E-state index in [1.165, 1.54) is 70.9 Å². The van der Waals surface area contributed by atoms with E-state index in [0.29, 0.717) is 0 Å². The predicted octanol–water partition coefficient (Wildman–Crippen LogP) is 3.44. The molecule has 3 nitrogen and oxygen atoms in total. The molecule has 3 heteroatoms. The van der Waals surface area contributed by atoms with Crippen molar-refractivity contribution in [3.05, 3.63) is 0 Å². The average Bonchev–Trinajstić information content (AvgIpc) is 2.89. The molecule has 1 saturated heterocycles. The molecule has 0 amide bonds. The number of methoxy groups -OCH3 is 1. The lowest BCUT2D eigenvalue weighted by molar-refractivity contribution is 0.105. The van der Waals surface area contributed by atoms with Crippen LogP contribution in [-0.2, 0) is 4.74 Å². The first-order valence-electron chi connectivity index (χ1n) is 9.29. The summed E-state index contributed by atoms with van der Waals surface area (Å²) in [6.45, 7) is 6.76. The fourth-order valence-corrected chi connectivity index (χ4v) is 4.25. The van der Waals surface area contributed by atoms with Crippen molar-refractivity contribution >= 4 is 0 Å². The van der Waals surface area contributed by atoms with Gasteiger partial charge in [0.25, 0.3) is 0 Å². The molecule has 1 heterocycles. The van der Waals surface area contributed by atoms with Gasteiger partial charge in [-0.3, -0.25) is 4.90 Å². The summed E-state index contributed by atoms with van der Waals surface area (Å²) in [4.78, 5) is 2.74. The third-order valence-electron chi connectivity index (χ3n) is 5.47.